The molecule has 1 saturated carbocycles. The minimum Gasteiger partial charge on any atom is 0 e. The van der Waals surface area contributed by atoms with Crippen LogP contribution in [-0.4, -0.2) is 8.07 Å². The fourth-order valence-electron chi connectivity index (χ4n) is 0.874. The minimum atomic E-state index is -0.981. The van der Waals surface area contributed by atoms with E-state index in [1.807, 2.05) is 0 Å². The summed E-state index contributed by atoms with van der Waals surface area (Å²) in [5, 5.41) is 0. The van der Waals surface area contributed by atoms with Gasteiger partial charge < -0.3 is 0 Å². The van der Waals surface area contributed by atoms with Gasteiger partial charge in [-0.15, -0.1) is 0 Å². The predicted molar refractivity (Wildman–Crippen MR) is 51.6 cm³/mol. The van der Waals surface area contributed by atoms with Gasteiger partial charge in [0.1, 0.15) is 0 Å². The molecule has 4 heteroatoms. The van der Waals surface area contributed by atoms with Crippen LogP contribution in [0.5, 0.6) is 0 Å². The minimum absolute atomic E-state index is 0. The molecule has 0 aromatic carbocycles. The van der Waals surface area contributed by atoms with Crippen LogP contribution < -0.4 is 0 Å². The third-order valence-electron chi connectivity index (χ3n) is 1.53. The molecule has 0 spiro atoms. The molecule has 1 aliphatic rings. The molecule has 0 aliphatic heterocycles. The summed E-state index contributed by atoms with van der Waals surface area (Å²) < 4.78 is 15.0. The van der Waals surface area contributed by atoms with Gasteiger partial charge in [0.25, 0.3) is 0 Å². The van der Waals surface area contributed by atoms with Gasteiger partial charge in [0, 0.05) is 20.1 Å². The first kappa shape index (κ1) is 19.8. The maximum atomic E-state index is 7.50. The van der Waals surface area contributed by atoms with E-state index in [1.165, 1.54) is 0 Å². The fourth-order valence-corrected chi connectivity index (χ4v) is 2.07. The molecule has 0 amide bonds. The van der Waals surface area contributed by atoms with E-state index >= 15 is 0 Å². The molecule has 0 atom stereocenters. The molecule has 0 aromatic rings. The Kier molecular flexibility index (Phi) is 16.2. The normalized spacial score (nSPS) is 15.1. The van der Waals surface area contributed by atoms with Crippen LogP contribution >= 0.6 is 0 Å². The molecule has 1 rings (SSSR count). The Hall–Kier alpha value is 0.346. The van der Waals surface area contributed by atoms with Crippen LogP contribution in [0.1, 0.15) is 0 Å². The van der Waals surface area contributed by atoms with Gasteiger partial charge in [-0.2, -0.15) is 0 Å². The summed E-state index contributed by atoms with van der Waals surface area (Å²) >= 11 is 0. The zero-order valence-electron chi connectivity index (χ0n) is 8.46. The van der Waals surface area contributed by atoms with E-state index in [1.54, 1.807) is 5.54 Å². The van der Waals surface area contributed by atoms with Crippen LogP contribution in [-0.2, 0) is 29.4 Å². The van der Waals surface area contributed by atoms with E-state index in [2.05, 4.69) is 58.6 Å². The predicted octanol–water partition coefficient (Wildman–Crippen LogP) is 2.19. The van der Waals surface area contributed by atoms with Crippen molar-refractivity contribution in [3.63, 3.8) is 0 Å². The third kappa shape index (κ3) is 8.92. The molecule has 0 saturated heterocycles. The summed E-state index contributed by atoms with van der Waals surface area (Å²) in [5.74, 6) is 0. The van der Waals surface area contributed by atoms with Crippen molar-refractivity contribution >= 4 is 8.07 Å². The van der Waals surface area contributed by atoms with Crippen molar-refractivity contribution in [3.8, 4) is 0 Å². The molecule has 0 heterocycles. The van der Waals surface area contributed by atoms with Crippen molar-refractivity contribution in [1.82, 2.24) is 0 Å². The first-order valence-electron chi connectivity index (χ1n) is 3.74. The summed E-state index contributed by atoms with van der Waals surface area (Å²) in [6, 6.07) is 0. The van der Waals surface area contributed by atoms with Crippen molar-refractivity contribution in [3.05, 3.63) is 44.5 Å². The number of hydrogen-bond donors (Lipinski definition) is 0. The smallest absolute Gasteiger partial charge is 0 e. The number of rotatable bonds is 1. The second kappa shape index (κ2) is 11.4. The van der Waals surface area contributed by atoms with E-state index in [-0.39, 0.29) is 20.1 Å². The summed E-state index contributed by atoms with van der Waals surface area (Å²) in [6.07, 6.45) is 8.69. The van der Waals surface area contributed by atoms with Crippen molar-refractivity contribution in [2.45, 2.75) is 19.6 Å². The average Bonchev–Trinajstić information content (AvgIpc) is 2.63. The molecule has 1 fully saturated rings. The van der Waals surface area contributed by atoms with E-state index in [0.29, 0.717) is 0 Å². The zero-order valence-corrected chi connectivity index (χ0v) is 11.9. The quantitative estimate of drug-likeness (QED) is 0.377. The Labute approximate surface area is 102 Å². The standard InChI is InChI=1S/C8H13Si.2CO.Ir/c1-9(2,3)8-6-4-5-7-8;2*1-2;/h4-7H,1-3H3;;;. The molecule has 0 N–H and O–H groups in total. The molecule has 6 radical (unpaired) electrons. The molecule has 0 aromatic heterocycles. The van der Waals surface area contributed by atoms with Crippen LogP contribution in [0.25, 0.3) is 0 Å². The Morgan fingerprint density at radius 2 is 1.21 bits per heavy atom. The van der Waals surface area contributed by atoms with Gasteiger partial charge in [0.15, 0.2) is 0 Å². The number of hydrogen-bond acceptors (Lipinski definition) is 0. The molecule has 0 unspecified atom stereocenters. The summed E-state index contributed by atoms with van der Waals surface area (Å²) in [5.41, 5.74) is 1.56. The Balaban J connectivity index is -0.000000216. The fraction of sp³-hybridized carbons (Fsp3) is 0.300. The van der Waals surface area contributed by atoms with Crippen molar-refractivity contribution < 1.29 is 29.4 Å². The molecule has 2 nitrogen and oxygen atoms in total. The summed E-state index contributed by atoms with van der Waals surface area (Å²) in [7, 11) is -0.981. The van der Waals surface area contributed by atoms with Crippen LogP contribution in [0, 0.1) is 44.5 Å². The largest absolute Gasteiger partial charge is 0 e. The first-order chi connectivity index (χ1) is 6.11. The second-order valence-electron chi connectivity index (χ2n) is 3.42. The van der Waals surface area contributed by atoms with E-state index in [9.17, 15) is 0 Å². The van der Waals surface area contributed by atoms with Gasteiger partial charge >= 0.3 is 22.6 Å². The van der Waals surface area contributed by atoms with Crippen molar-refractivity contribution in [1.29, 1.82) is 0 Å². The van der Waals surface area contributed by atoms with Crippen LogP contribution in [0.4, 0.5) is 0 Å². The SMILES string of the molecule is C[Si](C)(C)[C]1[CH][CH][CH][CH]1.[C-]#[O+].[C-]#[O+].[Ir]. The Morgan fingerprint density at radius 3 is 1.36 bits per heavy atom. The van der Waals surface area contributed by atoms with E-state index < -0.39 is 8.07 Å². The topological polar surface area (TPSA) is 39.8 Å². The van der Waals surface area contributed by atoms with Gasteiger partial charge in [-0.25, -0.2) is 0 Å². The molecule has 0 bridgehead atoms. The zero-order chi connectivity index (χ0) is 10.9. The first-order valence-corrected chi connectivity index (χ1v) is 7.24. The van der Waals surface area contributed by atoms with Crippen molar-refractivity contribution in [2.24, 2.45) is 0 Å². The Morgan fingerprint density at radius 1 is 0.929 bits per heavy atom. The molecular weight excluding hydrogens is 372 g/mol. The average molecular weight is 386 g/mol. The van der Waals surface area contributed by atoms with Gasteiger partial charge in [-0.3, -0.25) is 0 Å². The van der Waals surface area contributed by atoms with Crippen LogP contribution in [0.3, 0.4) is 0 Å². The van der Waals surface area contributed by atoms with Crippen LogP contribution in [0.2, 0.25) is 19.6 Å². The summed E-state index contributed by atoms with van der Waals surface area (Å²) in [6.45, 7) is 16.1. The van der Waals surface area contributed by atoms with Gasteiger partial charge in [-0.1, -0.05) is 19.6 Å². The van der Waals surface area contributed by atoms with E-state index in [0.717, 1.165) is 0 Å². The summed E-state index contributed by atoms with van der Waals surface area (Å²) in [4.78, 5) is 0. The molecular formula is C10H13IrO2Si. The second-order valence-corrected chi connectivity index (χ2v) is 8.50. The van der Waals surface area contributed by atoms with Gasteiger partial charge in [-0.05, 0) is 31.2 Å². The Bertz CT molecular complexity index is 148. The van der Waals surface area contributed by atoms with Crippen LogP contribution in [0.15, 0.2) is 0 Å². The van der Waals surface area contributed by atoms with Crippen molar-refractivity contribution in [2.75, 3.05) is 0 Å². The van der Waals surface area contributed by atoms with Gasteiger partial charge in [0.2, 0.25) is 0 Å². The molecule has 78 valence electrons. The molecule has 14 heavy (non-hydrogen) atoms. The monoisotopic (exact) mass is 386 g/mol. The van der Waals surface area contributed by atoms with Gasteiger partial charge in [0.05, 0.1) is 8.07 Å². The van der Waals surface area contributed by atoms with E-state index in [4.69, 9.17) is 9.30 Å². The maximum absolute atomic E-state index is 7.50. The maximum Gasteiger partial charge on any atom is 0 e. The molecule has 1 aliphatic carbocycles. The third-order valence-corrected chi connectivity index (χ3v) is 3.59.